The molecule has 146 valence electrons. The summed E-state index contributed by atoms with van der Waals surface area (Å²) in [6.07, 6.45) is -0.598. The van der Waals surface area contributed by atoms with Crippen LogP contribution in [0.1, 0.15) is 18.1 Å². The molecule has 1 amide bonds. The summed E-state index contributed by atoms with van der Waals surface area (Å²) < 4.78 is 7.03. The number of amides is 1. The summed E-state index contributed by atoms with van der Waals surface area (Å²) in [5.74, 6) is 0.553. The number of carbonyl (C=O) groups is 1. The topological polar surface area (TPSA) is 51.2 Å². The number of rotatable bonds is 5. The first kappa shape index (κ1) is 19.2. The maximum atomic E-state index is 12.5. The minimum atomic E-state index is -0.598. The molecule has 4 nitrogen and oxygen atoms in total. The smallest absolute Gasteiger partial charge is 0.265 e. The lowest BCUT2D eigenvalue weighted by molar-refractivity contribution is -0.122. The number of para-hydroxylation sites is 1. The van der Waals surface area contributed by atoms with Gasteiger partial charge in [0.1, 0.15) is 10.8 Å². The fourth-order valence-corrected chi connectivity index (χ4v) is 4.00. The van der Waals surface area contributed by atoms with Crippen molar-refractivity contribution >= 4 is 33.1 Å². The van der Waals surface area contributed by atoms with Gasteiger partial charge in [-0.2, -0.15) is 0 Å². The number of nitrogens with zero attached hydrogens (tertiary/aromatic N) is 1. The molecule has 3 aromatic carbocycles. The number of benzene rings is 3. The Morgan fingerprint density at radius 2 is 1.76 bits per heavy atom. The number of hydrogen-bond donors (Lipinski definition) is 1. The van der Waals surface area contributed by atoms with Gasteiger partial charge in [-0.15, -0.1) is 11.3 Å². The summed E-state index contributed by atoms with van der Waals surface area (Å²) in [7, 11) is 0. The van der Waals surface area contributed by atoms with Crippen molar-refractivity contribution in [3.8, 4) is 16.3 Å². The largest absolute Gasteiger partial charge is 0.481 e. The number of nitrogens with one attached hydrogen (secondary N) is 1. The molecule has 1 unspecified atom stereocenters. The van der Waals surface area contributed by atoms with E-state index in [-0.39, 0.29) is 5.91 Å². The van der Waals surface area contributed by atoms with E-state index >= 15 is 0 Å². The van der Waals surface area contributed by atoms with Crippen LogP contribution < -0.4 is 10.1 Å². The lowest BCUT2D eigenvalue weighted by atomic mass is 10.1. The molecule has 1 aromatic heterocycles. The van der Waals surface area contributed by atoms with E-state index in [9.17, 15) is 4.79 Å². The molecule has 0 radical (unpaired) electrons. The number of ether oxygens (including phenoxy) is 1. The number of thiazole rings is 1. The van der Waals surface area contributed by atoms with Crippen molar-refractivity contribution in [1.82, 2.24) is 4.98 Å². The number of hydrogen-bond acceptors (Lipinski definition) is 4. The van der Waals surface area contributed by atoms with Gasteiger partial charge >= 0.3 is 0 Å². The minimum Gasteiger partial charge on any atom is -0.481 e. The molecular formula is C24H22N2O2S. The highest BCUT2D eigenvalue weighted by molar-refractivity contribution is 7.21. The van der Waals surface area contributed by atoms with E-state index in [0.717, 1.165) is 43.4 Å². The highest BCUT2D eigenvalue weighted by Gasteiger charge is 2.16. The number of anilines is 1. The Morgan fingerprint density at radius 1 is 1.00 bits per heavy atom. The lowest BCUT2D eigenvalue weighted by Crippen LogP contribution is -2.30. The molecule has 1 atom stereocenters. The maximum absolute atomic E-state index is 12.5. The van der Waals surface area contributed by atoms with E-state index in [4.69, 9.17) is 4.74 Å². The molecular weight excluding hydrogens is 380 g/mol. The first-order valence-corrected chi connectivity index (χ1v) is 10.3. The molecule has 1 N–H and O–H groups in total. The Morgan fingerprint density at radius 3 is 2.52 bits per heavy atom. The van der Waals surface area contributed by atoms with Gasteiger partial charge < -0.3 is 10.1 Å². The summed E-state index contributed by atoms with van der Waals surface area (Å²) in [4.78, 5) is 17.2. The standard InChI is InChI=1S/C24H22N2O2S/c1-15-7-6-9-21(16(15)2)28-17(3)23(27)25-19-13-11-18(12-14-19)24-26-20-8-4-5-10-22(20)29-24/h4-14,17H,1-3H3,(H,25,27). The molecule has 0 bridgehead atoms. The number of aryl methyl sites for hydroxylation is 1. The van der Waals surface area contributed by atoms with Crippen LogP contribution in [0.15, 0.2) is 66.7 Å². The predicted octanol–water partition coefficient (Wildman–Crippen LogP) is 5.99. The van der Waals surface area contributed by atoms with Crippen molar-refractivity contribution < 1.29 is 9.53 Å². The Labute approximate surface area is 174 Å². The predicted molar refractivity (Wildman–Crippen MR) is 120 cm³/mol. The number of aromatic nitrogens is 1. The highest BCUT2D eigenvalue weighted by Crippen LogP contribution is 2.30. The Kier molecular flexibility index (Phi) is 5.32. The average Bonchev–Trinajstić information content (AvgIpc) is 3.16. The molecule has 5 heteroatoms. The number of carbonyl (C=O) groups excluding carboxylic acids is 1. The zero-order valence-electron chi connectivity index (χ0n) is 16.6. The molecule has 0 spiro atoms. The number of fused-ring (bicyclic) bond motifs is 1. The van der Waals surface area contributed by atoms with Crippen molar-refractivity contribution in [1.29, 1.82) is 0 Å². The van der Waals surface area contributed by atoms with Gasteiger partial charge in [0, 0.05) is 11.3 Å². The van der Waals surface area contributed by atoms with Crippen LogP contribution in [-0.4, -0.2) is 17.0 Å². The van der Waals surface area contributed by atoms with Gasteiger partial charge in [-0.3, -0.25) is 4.79 Å². The molecule has 0 aliphatic carbocycles. The zero-order valence-corrected chi connectivity index (χ0v) is 17.4. The summed E-state index contributed by atoms with van der Waals surface area (Å²) in [5.41, 5.74) is 4.95. The molecule has 4 rings (SSSR count). The molecule has 4 aromatic rings. The molecule has 29 heavy (non-hydrogen) atoms. The SMILES string of the molecule is Cc1cccc(OC(C)C(=O)Nc2ccc(-c3nc4ccccc4s3)cc2)c1C. The van der Waals surface area contributed by atoms with Gasteiger partial charge in [0.2, 0.25) is 0 Å². The van der Waals surface area contributed by atoms with Crippen LogP contribution in [-0.2, 0) is 4.79 Å². The van der Waals surface area contributed by atoms with E-state index < -0.39 is 6.10 Å². The van der Waals surface area contributed by atoms with Gasteiger partial charge in [-0.25, -0.2) is 4.98 Å². The summed E-state index contributed by atoms with van der Waals surface area (Å²) in [6.45, 7) is 5.78. The van der Waals surface area contributed by atoms with Gasteiger partial charge in [0.15, 0.2) is 6.10 Å². The molecule has 1 heterocycles. The second-order valence-corrected chi connectivity index (χ2v) is 8.04. The van der Waals surface area contributed by atoms with E-state index in [1.807, 2.05) is 74.5 Å². The molecule has 0 saturated carbocycles. The Bertz CT molecular complexity index is 1130. The van der Waals surface area contributed by atoms with Crippen LogP contribution >= 0.6 is 11.3 Å². The fourth-order valence-electron chi connectivity index (χ4n) is 3.03. The van der Waals surface area contributed by atoms with Crippen LogP contribution in [0.2, 0.25) is 0 Å². The van der Waals surface area contributed by atoms with Gasteiger partial charge in [-0.1, -0.05) is 24.3 Å². The van der Waals surface area contributed by atoms with Crippen LogP contribution in [0.4, 0.5) is 5.69 Å². The first-order chi connectivity index (χ1) is 14.0. The highest BCUT2D eigenvalue weighted by atomic mass is 32.1. The van der Waals surface area contributed by atoms with Crippen molar-refractivity contribution in [3.05, 3.63) is 77.9 Å². The average molecular weight is 403 g/mol. The first-order valence-electron chi connectivity index (χ1n) is 9.51. The second kappa shape index (κ2) is 8.05. The van der Waals surface area contributed by atoms with Gasteiger partial charge in [-0.05, 0) is 74.4 Å². The maximum Gasteiger partial charge on any atom is 0.265 e. The lowest BCUT2D eigenvalue weighted by Gasteiger charge is -2.17. The zero-order chi connectivity index (χ0) is 20.4. The monoisotopic (exact) mass is 402 g/mol. The summed E-state index contributed by atoms with van der Waals surface area (Å²) in [6, 6.07) is 21.7. The van der Waals surface area contributed by atoms with E-state index in [1.54, 1.807) is 18.3 Å². The van der Waals surface area contributed by atoms with Gasteiger partial charge in [0.25, 0.3) is 5.91 Å². The second-order valence-electron chi connectivity index (χ2n) is 7.01. The van der Waals surface area contributed by atoms with Crippen molar-refractivity contribution in [2.45, 2.75) is 26.9 Å². The molecule has 0 aliphatic rings. The normalized spacial score (nSPS) is 12.0. The van der Waals surface area contributed by atoms with Crippen molar-refractivity contribution in [2.24, 2.45) is 0 Å². The summed E-state index contributed by atoms with van der Waals surface area (Å²) >= 11 is 1.66. The van der Waals surface area contributed by atoms with Crippen molar-refractivity contribution in [3.63, 3.8) is 0 Å². The van der Waals surface area contributed by atoms with Crippen LogP contribution in [0.25, 0.3) is 20.8 Å². The quantitative estimate of drug-likeness (QED) is 0.446. The third-order valence-corrected chi connectivity index (χ3v) is 6.01. The minimum absolute atomic E-state index is 0.182. The van der Waals surface area contributed by atoms with Crippen LogP contribution in [0, 0.1) is 13.8 Å². The van der Waals surface area contributed by atoms with E-state index in [0.29, 0.717) is 0 Å². The third-order valence-electron chi connectivity index (χ3n) is 4.92. The summed E-state index contributed by atoms with van der Waals surface area (Å²) in [5, 5.41) is 3.89. The molecule has 0 aliphatic heterocycles. The van der Waals surface area contributed by atoms with Crippen LogP contribution in [0.5, 0.6) is 5.75 Å². The fraction of sp³-hybridized carbons (Fsp3) is 0.167. The van der Waals surface area contributed by atoms with Crippen molar-refractivity contribution in [2.75, 3.05) is 5.32 Å². The van der Waals surface area contributed by atoms with E-state index in [1.165, 1.54) is 0 Å². The Hall–Kier alpha value is -3.18. The van der Waals surface area contributed by atoms with Crippen LogP contribution in [0.3, 0.4) is 0 Å². The Balaban J connectivity index is 1.44. The third kappa shape index (κ3) is 4.15. The molecule has 0 saturated heterocycles. The molecule has 0 fully saturated rings. The van der Waals surface area contributed by atoms with E-state index in [2.05, 4.69) is 16.4 Å². The van der Waals surface area contributed by atoms with Gasteiger partial charge in [0.05, 0.1) is 10.2 Å².